The van der Waals surface area contributed by atoms with Crippen LogP contribution in [0.5, 0.6) is 0 Å². The fraction of sp³-hybridized carbons (Fsp3) is 0.444. The van der Waals surface area contributed by atoms with Crippen LogP contribution in [0.15, 0.2) is 39.6 Å². The van der Waals surface area contributed by atoms with Crippen molar-refractivity contribution in [3.63, 3.8) is 0 Å². The van der Waals surface area contributed by atoms with E-state index in [1.807, 2.05) is 6.07 Å². The van der Waals surface area contributed by atoms with Crippen molar-refractivity contribution in [3.05, 3.63) is 57.5 Å². The molecule has 2 aromatic rings. The van der Waals surface area contributed by atoms with Crippen molar-refractivity contribution in [3.8, 4) is 0 Å². The van der Waals surface area contributed by atoms with Gasteiger partial charge in [-0.25, -0.2) is 0 Å². The number of aryl methyl sites for hydroxylation is 2. The predicted octanol–water partition coefficient (Wildman–Crippen LogP) is 5.26. The summed E-state index contributed by atoms with van der Waals surface area (Å²) in [4.78, 5) is 0. The lowest BCUT2D eigenvalue weighted by Gasteiger charge is -2.20. The van der Waals surface area contributed by atoms with Crippen molar-refractivity contribution in [2.45, 2.75) is 46.1 Å². The van der Waals surface area contributed by atoms with Gasteiger partial charge in [0.1, 0.15) is 0 Å². The molecule has 1 aromatic heterocycles. The molecule has 1 atom stereocenters. The molecule has 2 nitrogen and oxygen atoms in total. The molecule has 21 heavy (non-hydrogen) atoms. The van der Waals surface area contributed by atoms with Crippen molar-refractivity contribution in [1.82, 2.24) is 5.32 Å². The summed E-state index contributed by atoms with van der Waals surface area (Å²) in [6.07, 6.45) is 5.01. The average Bonchev–Trinajstić information content (AvgIpc) is 2.93. The van der Waals surface area contributed by atoms with Crippen molar-refractivity contribution < 1.29 is 4.42 Å². The maximum atomic E-state index is 5.43. The van der Waals surface area contributed by atoms with E-state index in [2.05, 4.69) is 60.2 Å². The van der Waals surface area contributed by atoms with Crippen LogP contribution < -0.4 is 5.32 Å². The van der Waals surface area contributed by atoms with Crippen LogP contribution in [0.4, 0.5) is 0 Å². The van der Waals surface area contributed by atoms with Gasteiger partial charge in [0.15, 0.2) is 4.67 Å². The number of rotatable bonds is 7. The molecule has 0 saturated carbocycles. The SMILES string of the molecule is CCCNC(c1ccc(CC)c(CC)c1)c1ccoc1Br. The molecule has 0 aliphatic heterocycles. The van der Waals surface area contributed by atoms with Crippen LogP contribution in [-0.2, 0) is 12.8 Å². The minimum Gasteiger partial charge on any atom is -0.457 e. The molecule has 114 valence electrons. The lowest BCUT2D eigenvalue weighted by Crippen LogP contribution is -2.23. The summed E-state index contributed by atoms with van der Waals surface area (Å²) >= 11 is 3.51. The quantitative estimate of drug-likeness (QED) is 0.737. The maximum Gasteiger partial charge on any atom is 0.174 e. The summed E-state index contributed by atoms with van der Waals surface area (Å²) in [5, 5.41) is 3.63. The largest absolute Gasteiger partial charge is 0.457 e. The zero-order valence-corrected chi connectivity index (χ0v) is 14.7. The number of hydrogen-bond donors (Lipinski definition) is 1. The zero-order valence-electron chi connectivity index (χ0n) is 13.1. The molecule has 1 aromatic carbocycles. The summed E-state index contributed by atoms with van der Waals surface area (Å²) in [5.74, 6) is 0. The molecule has 1 unspecified atom stereocenters. The minimum atomic E-state index is 0.175. The molecule has 0 amide bonds. The molecule has 0 saturated heterocycles. The fourth-order valence-corrected chi connectivity index (χ4v) is 3.17. The highest BCUT2D eigenvalue weighted by Gasteiger charge is 2.19. The summed E-state index contributed by atoms with van der Waals surface area (Å²) in [6.45, 7) is 7.61. The van der Waals surface area contributed by atoms with Crippen molar-refractivity contribution in [2.75, 3.05) is 6.54 Å². The Morgan fingerprint density at radius 2 is 1.86 bits per heavy atom. The Morgan fingerprint density at radius 1 is 1.10 bits per heavy atom. The van der Waals surface area contributed by atoms with E-state index in [-0.39, 0.29) is 6.04 Å². The lowest BCUT2D eigenvalue weighted by atomic mass is 9.94. The first kappa shape index (κ1) is 16.3. The van der Waals surface area contributed by atoms with Gasteiger partial charge in [-0.2, -0.15) is 0 Å². The third kappa shape index (κ3) is 3.78. The summed E-state index contributed by atoms with van der Waals surface area (Å²) < 4.78 is 6.24. The molecule has 2 rings (SSSR count). The van der Waals surface area contributed by atoms with Gasteiger partial charge >= 0.3 is 0 Å². The first-order valence-electron chi connectivity index (χ1n) is 7.79. The normalized spacial score (nSPS) is 12.6. The second-order valence-electron chi connectivity index (χ2n) is 5.27. The first-order valence-corrected chi connectivity index (χ1v) is 8.58. The van der Waals surface area contributed by atoms with E-state index in [1.54, 1.807) is 6.26 Å². The zero-order chi connectivity index (χ0) is 15.2. The Hall–Kier alpha value is -1.06. The van der Waals surface area contributed by atoms with Crippen LogP contribution in [0.3, 0.4) is 0 Å². The fourth-order valence-electron chi connectivity index (χ4n) is 2.71. The monoisotopic (exact) mass is 349 g/mol. The van der Waals surface area contributed by atoms with E-state index in [0.29, 0.717) is 0 Å². The molecular formula is C18H24BrNO. The second kappa shape index (κ2) is 7.81. The number of hydrogen-bond acceptors (Lipinski definition) is 2. The Kier molecular flexibility index (Phi) is 6.07. The van der Waals surface area contributed by atoms with Gasteiger partial charge in [0, 0.05) is 5.56 Å². The van der Waals surface area contributed by atoms with E-state index < -0.39 is 0 Å². The highest BCUT2D eigenvalue weighted by atomic mass is 79.9. The number of benzene rings is 1. The van der Waals surface area contributed by atoms with Gasteiger partial charge in [0.2, 0.25) is 0 Å². The van der Waals surface area contributed by atoms with Gasteiger partial charge in [-0.3, -0.25) is 0 Å². The second-order valence-corrected chi connectivity index (χ2v) is 5.99. The topological polar surface area (TPSA) is 25.2 Å². The predicted molar refractivity (Wildman–Crippen MR) is 91.7 cm³/mol. The maximum absolute atomic E-state index is 5.43. The summed E-state index contributed by atoms with van der Waals surface area (Å²) in [5.41, 5.74) is 5.36. The molecule has 1 heterocycles. The van der Waals surface area contributed by atoms with E-state index in [1.165, 1.54) is 16.7 Å². The molecule has 0 aliphatic carbocycles. The van der Waals surface area contributed by atoms with Gasteiger partial charge in [-0.15, -0.1) is 0 Å². The molecule has 3 heteroatoms. The van der Waals surface area contributed by atoms with Gasteiger partial charge in [0.25, 0.3) is 0 Å². The molecule has 0 fully saturated rings. The Bertz CT molecular complexity index is 576. The number of nitrogens with one attached hydrogen (secondary N) is 1. The third-order valence-electron chi connectivity index (χ3n) is 3.88. The first-order chi connectivity index (χ1) is 10.2. The molecule has 0 bridgehead atoms. The van der Waals surface area contributed by atoms with E-state index in [0.717, 1.165) is 36.0 Å². The lowest BCUT2D eigenvalue weighted by molar-refractivity contribution is 0.523. The average molecular weight is 350 g/mol. The van der Waals surface area contributed by atoms with Crippen LogP contribution in [0.25, 0.3) is 0 Å². The number of furan rings is 1. The number of halogens is 1. The van der Waals surface area contributed by atoms with E-state index in [9.17, 15) is 0 Å². The highest BCUT2D eigenvalue weighted by molar-refractivity contribution is 9.10. The van der Waals surface area contributed by atoms with Crippen molar-refractivity contribution in [1.29, 1.82) is 0 Å². The van der Waals surface area contributed by atoms with E-state index in [4.69, 9.17) is 4.42 Å². The summed E-state index contributed by atoms with van der Waals surface area (Å²) in [6, 6.07) is 9.06. The van der Waals surface area contributed by atoms with Gasteiger partial charge in [-0.1, -0.05) is 39.0 Å². The molecule has 0 radical (unpaired) electrons. The molecule has 0 spiro atoms. The van der Waals surface area contributed by atoms with Gasteiger partial charge < -0.3 is 9.73 Å². The standard InChI is InChI=1S/C18H24BrNO/c1-4-10-20-17(16-9-11-21-18(16)19)15-8-7-13(5-2)14(6-3)12-15/h7-9,11-12,17,20H,4-6,10H2,1-3H3. The highest BCUT2D eigenvalue weighted by Crippen LogP contribution is 2.30. The van der Waals surface area contributed by atoms with Crippen molar-refractivity contribution in [2.24, 2.45) is 0 Å². The Labute approximate surface area is 136 Å². The molecular weight excluding hydrogens is 326 g/mol. The third-order valence-corrected chi connectivity index (χ3v) is 4.53. The van der Waals surface area contributed by atoms with Crippen LogP contribution in [0.2, 0.25) is 0 Å². The van der Waals surface area contributed by atoms with Crippen LogP contribution in [0.1, 0.15) is 55.5 Å². The van der Waals surface area contributed by atoms with Gasteiger partial charge in [-0.05, 0) is 64.5 Å². The van der Waals surface area contributed by atoms with Crippen molar-refractivity contribution >= 4 is 15.9 Å². The van der Waals surface area contributed by atoms with Crippen LogP contribution >= 0.6 is 15.9 Å². The van der Waals surface area contributed by atoms with Gasteiger partial charge in [0.05, 0.1) is 12.3 Å². The Morgan fingerprint density at radius 3 is 2.43 bits per heavy atom. The Balaban J connectivity index is 2.39. The van der Waals surface area contributed by atoms with Crippen LogP contribution in [-0.4, -0.2) is 6.54 Å². The minimum absolute atomic E-state index is 0.175. The molecule has 0 aliphatic rings. The van der Waals surface area contributed by atoms with E-state index >= 15 is 0 Å². The van der Waals surface area contributed by atoms with Crippen LogP contribution in [0, 0.1) is 0 Å². The molecule has 1 N–H and O–H groups in total. The smallest absolute Gasteiger partial charge is 0.174 e. The summed E-state index contributed by atoms with van der Waals surface area (Å²) in [7, 11) is 0.